The molecule has 9 nitrogen and oxygen atoms in total. The zero-order valence-electron chi connectivity index (χ0n) is 14.0. The summed E-state index contributed by atoms with van der Waals surface area (Å²) in [6.45, 7) is 5.03. The van der Waals surface area contributed by atoms with E-state index in [0.717, 1.165) is 16.6 Å². The van der Waals surface area contributed by atoms with Gasteiger partial charge in [0.2, 0.25) is 0 Å². The van der Waals surface area contributed by atoms with E-state index in [1.807, 2.05) is 13.8 Å². The number of aryl methyl sites for hydroxylation is 2. The number of amides is 2. The molecule has 1 fully saturated rings. The van der Waals surface area contributed by atoms with Gasteiger partial charge in [-0.25, -0.2) is 4.79 Å². The number of nitrogen functional groups attached to an aromatic ring is 1. The van der Waals surface area contributed by atoms with E-state index in [4.69, 9.17) is 16.2 Å². The van der Waals surface area contributed by atoms with Crippen LogP contribution in [0.1, 0.15) is 20.9 Å². The summed E-state index contributed by atoms with van der Waals surface area (Å²) in [5, 5.41) is 11.8. The Labute approximate surface area is 148 Å². The molecule has 0 unspecified atom stereocenters. The number of fused-ring (bicyclic) bond motifs is 1. The molecular weight excluding hydrogens is 344 g/mol. The number of hydrogen-bond acceptors (Lipinski definition) is 8. The lowest BCUT2D eigenvalue weighted by Gasteiger charge is -2.38. The lowest BCUT2D eigenvalue weighted by atomic mass is 10.1. The number of ether oxygens (including phenoxy) is 1. The van der Waals surface area contributed by atoms with Crippen LogP contribution < -0.4 is 16.8 Å². The summed E-state index contributed by atoms with van der Waals surface area (Å²) < 4.78 is 4.93. The molecule has 5 N–H and O–H groups in total. The van der Waals surface area contributed by atoms with Crippen LogP contribution in [0.15, 0.2) is 0 Å². The number of nitrogens with two attached hydrogens (primary N) is 2. The van der Waals surface area contributed by atoms with Gasteiger partial charge in [0.1, 0.15) is 16.3 Å². The van der Waals surface area contributed by atoms with Crippen LogP contribution >= 0.6 is 11.3 Å². The predicted octanol–water partition coefficient (Wildman–Crippen LogP) is 0.400. The molecular formula is C15H20N6O3S. The number of nitrogens with one attached hydrogen (secondary N) is 1. The second kappa shape index (κ2) is 6.81. The Kier molecular flexibility index (Phi) is 4.73. The van der Waals surface area contributed by atoms with Gasteiger partial charge in [0, 0.05) is 25.0 Å². The van der Waals surface area contributed by atoms with E-state index in [-0.39, 0.29) is 25.1 Å². The number of carbonyl (C=O) groups is 2. The lowest BCUT2D eigenvalue weighted by molar-refractivity contribution is 0.0613. The van der Waals surface area contributed by atoms with Gasteiger partial charge < -0.3 is 26.4 Å². The second-order valence-electron chi connectivity index (χ2n) is 5.91. The summed E-state index contributed by atoms with van der Waals surface area (Å²) in [7, 11) is 0. The van der Waals surface area contributed by atoms with Crippen molar-refractivity contribution in [1.82, 2.24) is 20.4 Å². The van der Waals surface area contributed by atoms with E-state index >= 15 is 0 Å². The molecule has 0 spiro atoms. The first-order valence-electron chi connectivity index (χ1n) is 7.86. The Balaban J connectivity index is 1.65. The molecule has 2 aromatic rings. The fourth-order valence-corrected chi connectivity index (χ4v) is 3.62. The van der Waals surface area contributed by atoms with Crippen molar-refractivity contribution in [2.75, 3.05) is 32.0 Å². The molecule has 3 rings (SSSR count). The van der Waals surface area contributed by atoms with Gasteiger partial charge in [-0.1, -0.05) is 0 Å². The normalized spacial score (nSPS) is 14.4. The Morgan fingerprint density at radius 3 is 2.76 bits per heavy atom. The highest BCUT2D eigenvalue weighted by atomic mass is 32.1. The van der Waals surface area contributed by atoms with Crippen LogP contribution in [0.5, 0.6) is 0 Å². The molecule has 1 aliphatic rings. The summed E-state index contributed by atoms with van der Waals surface area (Å²) in [6.07, 6.45) is -0.418. The molecule has 2 amide bonds. The highest BCUT2D eigenvalue weighted by Crippen LogP contribution is 2.34. The molecule has 0 radical (unpaired) electrons. The van der Waals surface area contributed by atoms with Crippen LogP contribution in [-0.2, 0) is 4.74 Å². The van der Waals surface area contributed by atoms with Crippen molar-refractivity contribution in [2.45, 2.75) is 19.9 Å². The summed E-state index contributed by atoms with van der Waals surface area (Å²) in [5.41, 5.74) is 13.6. The van der Waals surface area contributed by atoms with Gasteiger partial charge in [0.15, 0.2) is 0 Å². The van der Waals surface area contributed by atoms with Crippen LogP contribution in [-0.4, -0.2) is 59.4 Å². The topological polar surface area (TPSA) is 136 Å². The van der Waals surface area contributed by atoms with E-state index in [1.165, 1.54) is 16.2 Å². The fourth-order valence-electron chi connectivity index (χ4n) is 2.62. The maximum absolute atomic E-state index is 12.5. The van der Waals surface area contributed by atoms with Crippen LogP contribution in [0, 0.1) is 13.8 Å². The molecule has 0 aliphatic carbocycles. The third-order valence-electron chi connectivity index (χ3n) is 4.16. The molecule has 0 bridgehead atoms. The van der Waals surface area contributed by atoms with Gasteiger partial charge in [-0.3, -0.25) is 4.79 Å². The molecule has 0 atom stereocenters. The van der Waals surface area contributed by atoms with Gasteiger partial charge in [0.05, 0.1) is 17.4 Å². The van der Waals surface area contributed by atoms with Crippen LogP contribution in [0.2, 0.25) is 0 Å². The number of aromatic nitrogens is 2. The minimum absolute atomic E-state index is 0.128. The lowest BCUT2D eigenvalue weighted by Crippen LogP contribution is -2.61. The van der Waals surface area contributed by atoms with Crippen molar-refractivity contribution in [3.63, 3.8) is 0 Å². The monoisotopic (exact) mass is 364 g/mol. The van der Waals surface area contributed by atoms with Gasteiger partial charge in [0.25, 0.3) is 5.91 Å². The second-order valence-corrected chi connectivity index (χ2v) is 6.91. The van der Waals surface area contributed by atoms with Gasteiger partial charge in [-0.15, -0.1) is 16.4 Å². The first-order chi connectivity index (χ1) is 11.9. The number of hydrogen-bond donors (Lipinski definition) is 3. The number of nitrogens with zero attached hydrogens (tertiary/aromatic N) is 3. The molecule has 25 heavy (non-hydrogen) atoms. The largest absolute Gasteiger partial charge is 0.448 e. The standard InChI is InChI=1S/C15H20N6O3S/c1-7-8(2)19-20-14-10(7)11(17)12(25-14)13(22)18-9-5-21(6-9)15(23)24-4-3-16/h9H,3-6,16-17H2,1-2H3,(H,18,22). The fraction of sp³-hybridized carbons (Fsp3) is 0.467. The van der Waals surface area contributed by atoms with Crippen molar-refractivity contribution in [3.05, 3.63) is 16.1 Å². The van der Waals surface area contributed by atoms with Crippen molar-refractivity contribution in [3.8, 4) is 0 Å². The molecule has 134 valence electrons. The third-order valence-corrected chi connectivity index (χ3v) is 5.25. The summed E-state index contributed by atoms with van der Waals surface area (Å²) >= 11 is 1.22. The average molecular weight is 364 g/mol. The van der Waals surface area contributed by atoms with Crippen molar-refractivity contribution in [1.29, 1.82) is 0 Å². The minimum atomic E-state index is -0.418. The Bertz CT molecular complexity index is 830. The number of rotatable bonds is 4. The summed E-state index contributed by atoms with van der Waals surface area (Å²) in [5.74, 6) is -0.266. The van der Waals surface area contributed by atoms with Crippen LogP contribution in [0.25, 0.3) is 10.2 Å². The van der Waals surface area contributed by atoms with Crippen LogP contribution in [0.3, 0.4) is 0 Å². The minimum Gasteiger partial charge on any atom is -0.448 e. The van der Waals surface area contributed by atoms with Gasteiger partial charge in [-0.2, -0.15) is 5.10 Å². The Morgan fingerprint density at radius 1 is 1.36 bits per heavy atom. The molecule has 1 saturated heterocycles. The first-order valence-corrected chi connectivity index (χ1v) is 8.68. The summed E-state index contributed by atoms with van der Waals surface area (Å²) in [6, 6.07) is -0.128. The number of anilines is 1. The zero-order valence-corrected chi connectivity index (χ0v) is 14.9. The highest BCUT2D eigenvalue weighted by Gasteiger charge is 2.33. The SMILES string of the molecule is Cc1nnc2sc(C(=O)NC3CN(C(=O)OCCN)C3)c(N)c2c1C. The molecule has 2 aromatic heterocycles. The number of likely N-dealkylation sites (tertiary alicyclic amines) is 1. The van der Waals surface area contributed by atoms with Crippen molar-refractivity contribution in [2.24, 2.45) is 5.73 Å². The van der Waals surface area contributed by atoms with Crippen molar-refractivity contribution >= 4 is 39.2 Å². The Morgan fingerprint density at radius 2 is 2.08 bits per heavy atom. The van der Waals surface area contributed by atoms with E-state index < -0.39 is 6.09 Å². The maximum Gasteiger partial charge on any atom is 0.409 e. The van der Waals surface area contributed by atoms with Crippen molar-refractivity contribution < 1.29 is 14.3 Å². The molecule has 10 heteroatoms. The van der Waals surface area contributed by atoms with Crippen LogP contribution in [0.4, 0.5) is 10.5 Å². The smallest absolute Gasteiger partial charge is 0.409 e. The summed E-state index contributed by atoms with van der Waals surface area (Å²) in [4.78, 5) is 26.7. The quantitative estimate of drug-likeness (QED) is 0.714. The van der Waals surface area contributed by atoms with Gasteiger partial charge in [-0.05, 0) is 19.4 Å². The molecule has 0 aromatic carbocycles. The average Bonchev–Trinajstić information content (AvgIpc) is 2.89. The number of carbonyl (C=O) groups excluding carboxylic acids is 2. The zero-order chi connectivity index (χ0) is 18.1. The third kappa shape index (κ3) is 3.22. The van der Waals surface area contributed by atoms with E-state index in [1.54, 1.807) is 0 Å². The maximum atomic E-state index is 12.5. The molecule has 0 saturated carbocycles. The van der Waals surface area contributed by atoms with Gasteiger partial charge >= 0.3 is 6.09 Å². The van der Waals surface area contributed by atoms with E-state index in [9.17, 15) is 9.59 Å². The predicted molar refractivity (Wildman–Crippen MR) is 94.5 cm³/mol. The molecule has 3 heterocycles. The number of thiophene rings is 1. The molecule has 1 aliphatic heterocycles. The van der Waals surface area contributed by atoms with E-state index in [2.05, 4.69) is 15.5 Å². The highest BCUT2D eigenvalue weighted by molar-refractivity contribution is 7.21. The Hall–Kier alpha value is -2.46. The van der Waals surface area contributed by atoms with E-state index in [0.29, 0.717) is 28.5 Å². The first kappa shape index (κ1) is 17.4.